The van der Waals surface area contributed by atoms with Crippen molar-refractivity contribution in [3.8, 4) is 0 Å². The van der Waals surface area contributed by atoms with Crippen LogP contribution in [0.5, 0.6) is 0 Å². The van der Waals surface area contributed by atoms with Crippen LogP contribution in [-0.4, -0.2) is 21.4 Å². The first-order valence-corrected chi connectivity index (χ1v) is 4.31. The zero-order chi connectivity index (χ0) is 9.80. The van der Waals surface area contributed by atoms with Gasteiger partial charge in [-0.2, -0.15) is 10.1 Å². The van der Waals surface area contributed by atoms with Gasteiger partial charge in [-0.15, -0.1) is 0 Å². The summed E-state index contributed by atoms with van der Waals surface area (Å²) in [5.41, 5.74) is 2.27. The fourth-order valence-corrected chi connectivity index (χ4v) is 1.15. The number of aromatic nitrogens is 3. The highest BCUT2D eigenvalue weighted by Crippen LogP contribution is 2.03. The largest absolute Gasteiger partial charge is 0.245 e. The number of aromatic amines is 1. The summed E-state index contributed by atoms with van der Waals surface area (Å²) in [7, 11) is 0. The van der Waals surface area contributed by atoms with Crippen molar-refractivity contribution in [1.29, 1.82) is 0 Å². The fourth-order valence-electron chi connectivity index (χ4n) is 1.15. The standard InChI is InChI=1S/C10H10N4/c1-8-3-2-4-9(5-8)6-11-10-12-7-13-14-10/h2-7H,1H3,(H,12,13,14). The third kappa shape index (κ3) is 2.04. The van der Waals surface area contributed by atoms with Crippen LogP contribution >= 0.6 is 0 Å². The molecule has 2 rings (SSSR count). The van der Waals surface area contributed by atoms with E-state index in [-0.39, 0.29) is 0 Å². The molecule has 1 N–H and O–H groups in total. The van der Waals surface area contributed by atoms with Gasteiger partial charge in [0.25, 0.3) is 0 Å². The molecule has 70 valence electrons. The molecule has 0 unspecified atom stereocenters. The average Bonchev–Trinajstić information content (AvgIpc) is 2.67. The molecule has 0 aliphatic carbocycles. The molecule has 4 nitrogen and oxygen atoms in total. The maximum Gasteiger partial charge on any atom is 0.245 e. The molecule has 0 saturated carbocycles. The van der Waals surface area contributed by atoms with E-state index in [1.54, 1.807) is 6.21 Å². The minimum atomic E-state index is 0.520. The van der Waals surface area contributed by atoms with E-state index in [0.29, 0.717) is 5.95 Å². The molecular formula is C10H10N4. The van der Waals surface area contributed by atoms with Gasteiger partial charge >= 0.3 is 0 Å². The van der Waals surface area contributed by atoms with Crippen molar-refractivity contribution in [2.45, 2.75) is 6.92 Å². The maximum atomic E-state index is 4.12. The van der Waals surface area contributed by atoms with Gasteiger partial charge in [0.15, 0.2) is 0 Å². The summed E-state index contributed by atoms with van der Waals surface area (Å²) in [4.78, 5) is 8.01. The van der Waals surface area contributed by atoms with Gasteiger partial charge in [0.05, 0.1) is 0 Å². The van der Waals surface area contributed by atoms with E-state index in [9.17, 15) is 0 Å². The Hall–Kier alpha value is -1.97. The second kappa shape index (κ2) is 3.83. The first-order chi connectivity index (χ1) is 6.84. The topological polar surface area (TPSA) is 53.9 Å². The highest BCUT2D eigenvalue weighted by Gasteiger charge is 1.90. The molecule has 0 saturated heterocycles. The molecule has 1 aromatic heterocycles. The molecule has 0 amide bonds. The number of aryl methyl sites for hydroxylation is 1. The van der Waals surface area contributed by atoms with E-state index in [1.165, 1.54) is 11.9 Å². The Morgan fingerprint density at radius 2 is 2.36 bits per heavy atom. The minimum absolute atomic E-state index is 0.520. The van der Waals surface area contributed by atoms with Crippen LogP contribution in [-0.2, 0) is 0 Å². The zero-order valence-electron chi connectivity index (χ0n) is 7.81. The van der Waals surface area contributed by atoms with Crippen LogP contribution in [0.4, 0.5) is 5.95 Å². The summed E-state index contributed by atoms with van der Waals surface area (Å²) in [6, 6.07) is 8.09. The molecule has 2 aromatic rings. The van der Waals surface area contributed by atoms with E-state index >= 15 is 0 Å². The van der Waals surface area contributed by atoms with Gasteiger partial charge in [0, 0.05) is 6.21 Å². The van der Waals surface area contributed by atoms with Crippen LogP contribution in [0.15, 0.2) is 35.6 Å². The van der Waals surface area contributed by atoms with Gasteiger partial charge in [0.1, 0.15) is 6.33 Å². The third-order valence-corrected chi connectivity index (χ3v) is 1.78. The van der Waals surface area contributed by atoms with Crippen LogP contribution in [0.25, 0.3) is 0 Å². The number of nitrogens with one attached hydrogen (secondary N) is 1. The number of hydrogen-bond donors (Lipinski definition) is 1. The molecule has 0 bridgehead atoms. The maximum absolute atomic E-state index is 4.12. The number of nitrogens with zero attached hydrogens (tertiary/aromatic N) is 3. The molecule has 0 atom stereocenters. The minimum Gasteiger partial charge on any atom is -0.244 e. The van der Waals surface area contributed by atoms with Crippen LogP contribution in [0.1, 0.15) is 11.1 Å². The summed E-state index contributed by atoms with van der Waals surface area (Å²) < 4.78 is 0. The van der Waals surface area contributed by atoms with Crippen molar-refractivity contribution >= 4 is 12.2 Å². The molecular weight excluding hydrogens is 176 g/mol. The SMILES string of the molecule is Cc1cccc(C=Nc2ncn[nH]2)c1. The molecule has 4 heteroatoms. The van der Waals surface area contributed by atoms with Gasteiger partial charge in [0.2, 0.25) is 5.95 Å². The Kier molecular flexibility index (Phi) is 2.36. The highest BCUT2D eigenvalue weighted by molar-refractivity contribution is 5.81. The quantitative estimate of drug-likeness (QED) is 0.728. The van der Waals surface area contributed by atoms with Crippen molar-refractivity contribution in [2.24, 2.45) is 4.99 Å². The van der Waals surface area contributed by atoms with Crippen LogP contribution in [0.2, 0.25) is 0 Å². The number of hydrogen-bond acceptors (Lipinski definition) is 3. The summed E-state index contributed by atoms with van der Waals surface area (Å²) in [6.07, 6.45) is 3.19. The van der Waals surface area contributed by atoms with E-state index in [0.717, 1.165) is 5.56 Å². The monoisotopic (exact) mass is 186 g/mol. The Morgan fingerprint density at radius 3 is 3.07 bits per heavy atom. The lowest BCUT2D eigenvalue weighted by molar-refractivity contribution is 1.08. The van der Waals surface area contributed by atoms with Crippen molar-refractivity contribution in [3.63, 3.8) is 0 Å². The third-order valence-electron chi connectivity index (χ3n) is 1.78. The molecule has 0 spiro atoms. The predicted octanol–water partition coefficient (Wildman–Crippen LogP) is 1.86. The lowest BCUT2D eigenvalue weighted by atomic mass is 10.2. The Balaban J connectivity index is 2.18. The first-order valence-electron chi connectivity index (χ1n) is 4.31. The summed E-state index contributed by atoms with van der Waals surface area (Å²) in [6.45, 7) is 2.05. The van der Waals surface area contributed by atoms with Crippen molar-refractivity contribution in [1.82, 2.24) is 15.2 Å². The van der Waals surface area contributed by atoms with Gasteiger partial charge in [-0.1, -0.05) is 29.8 Å². The second-order valence-electron chi connectivity index (χ2n) is 2.98. The van der Waals surface area contributed by atoms with E-state index in [2.05, 4.69) is 26.2 Å². The molecule has 1 aromatic carbocycles. The van der Waals surface area contributed by atoms with Crippen LogP contribution in [0.3, 0.4) is 0 Å². The van der Waals surface area contributed by atoms with E-state index in [1.807, 2.05) is 25.1 Å². The summed E-state index contributed by atoms with van der Waals surface area (Å²) >= 11 is 0. The van der Waals surface area contributed by atoms with Crippen LogP contribution in [0, 0.1) is 6.92 Å². The Labute approximate surface area is 81.7 Å². The lowest BCUT2D eigenvalue weighted by Crippen LogP contribution is -1.81. The van der Waals surface area contributed by atoms with Gasteiger partial charge in [-0.3, -0.25) is 0 Å². The first kappa shape index (κ1) is 8.62. The molecule has 0 fully saturated rings. The second-order valence-corrected chi connectivity index (χ2v) is 2.98. The molecule has 14 heavy (non-hydrogen) atoms. The van der Waals surface area contributed by atoms with E-state index < -0.39 is 0 Å². The number of benzene rings is 1. The summed E-state index contributed by atoms with van der Waals surface area (Å²) in [5, 5.41) is 6.37. The number of H-pyrrole nitrogens is 1. The van der Waals surface area contributed by atoms with Gasteiger partial charge in [-0.05, 0) is 12.5 Å². The normalized spacial score (nSPS) is 10.9. The number of aliphatic imine (C=N–C) groups is 1. The van der Waals surface area contributed by atoms with Gasteiger partial charge < -0.3 is 0 Å². The van der Waals surface area contributed by atoms with Crippen molar-refractivity contribution in [3.05, 3.63) is 41.7 Å². The molecule has 0 radical (unpaired) electrons. The zero-order valence-corrected chi connectivity index (χ0v) is 7.81. The molecule has 0 aliphatic rings. The Morgan fingerprint density at radius 1 is 1.43 bits per heavy atom. The fraction of sp³-hybridized carbons (Fsp3) is 0.100. The van der Waals surface area contributed by atoms with Gasteiger partial charge in [-0.25, -0.2) is 10.1 Å². The van der Waals surface area contributed by atoms with E-state index in [4.69, 9.17) is 0 Å². The molecule has 0 aliphatic heterocycles. The Bertz CT molecular complexity index is 431. The van der Waals surface area contributed by atoms with Crippen molar-refractivity contribution in [2.75, 3.05) is 0 Å². The lowest BCUT2D eigenvalue weighted by Gasteiger charge is -1.93. The smallest absolute Gasteiger partial charge is 0.244 e. The highest BCUT2D eigenvalue weighted by atomic mass is 15.2. The molecule has 1 heterocycles. The van der Waals surface area contributed by atoms with Crippen molar-refractivity contribution < 1.29 is 0 Å². The predicted molar refractivity (Wildman–Crippen MR) is 54.8 cm³/mol. The van der Waals surface area contributed by atoms with Crippen LogP contribution < -0.4 is 0 Å². The summed E-state index contributed by atoms with van der Waals surface area (Å²) in [5.74, 6) is 0.520. The number of rotatable bonds is 2. The average molecular weight is 186 g/mol.